The van der Waals surface area contributed by atoms with Gasteiger partial charge in [-0.2, -0.15) is 0 Å². The van der Waals surface area contributed by atoms with Crippen LogP contribution in [0.25, 0.3) is 40.0 Å². The fraction of sp³-hybridized carbons (Fsp3) is 0.172. The fourth-order valence-electron chi connectivity index (χ4n) is 4.64. The number of hydrogen-bond donors (Lipinski definition) is 1. The lowest BCUT2D eigenvalue weighted by atomic mass is 10.1. The van der Waals surface area contributed by atoms with Crippen molar-refractivity contribution in [2.75, 3.05) is 37.5 Å². The van der Waals surface area contributed by atoms with Crippen LogP contribution in [0.15, 0.2) is 73.1 Å². The topological polar surface area (TPSA) is 119 Å². The summed E-state index contributed by atoms with van der Waals surface area (Å²) in [6.07, 6.45) is 8.53. The molecule has 0 atom stereocenters. The van der Waals surface area contributed by atoms with E-state index in [1.165, 1.54) is 0 Å². The van der Waals surface area contributed by atoms with Gasteiger partial charge in [-0.15, -0.1) is 0 Å². The molecule has 4 heterocycles. The minimum atomic E-state index is -3.66. The fourth-order valence-corrected chi connectivity index (χ4v) is 5.09. The Labute approximate surface area is 231 Å². The predicted octanol–water partition coefficient (Wildman–Crippen LogP) is 3.64. The quantitative estimate of drug-likeness (QED) is 0.338. The Bertz CT molecular complexity index is 1860. The highest BCUT2D eigenvalue weighted by Gasteiger charge is 2.20. The predicted molar refractivity (Wildman–Crippen MR) is 154 cm³/mol. The first-order valence-corrected chi connectivity index (χ1v) is 14.6. The normalized spacial score (nSPS) is 14.3. The van der Waals surface area contributed by atoms with Crippen LogP contribution < -0.4 is 9.62 Å². The number of carbonyl (C=O) groups excluding carboxylic acids is 1. The molecule has 1 N–H and O–H groups in total. The van der Waals surface area contributed by atoms with E-state index in [-0.39, 0.29) is 5.56 Å². The van der Waals surface area contributed by atoms with Crippen molar-refractivity contribution in [1.29, 1.82) is 0 Å². The zero-order chi connectivity index (χ0) is 27.7. The number of anilines is 1. The molecule has 3 aromatic heterocycles. The minimum absolute atomic E-state index is 0.237. The molecule has 0 unspecified atom stereocenters. The van der Waals surface area contributed by atoms with Gasteiger partial charge in [0.25, 0.3) is 5.91 Å². The molecule has 5 aromatic rings. The Hall–Kier alpha value is -4.61. The second-order valence-corrected chi connectivity index (χ2v) is 11.2. The third kappa shape index (κ3) is 5.42. The number of nitrogens with zero attached hydrogens (tertiary/aromatic N) is 5. The monoisotopic (exact) mass is 554 g/mol. The second kappa shape index (κ2) is 10.5. The third-order valence-electron chi connectivity index (χ3n) is 6.57. The van der Waals surface area contributed by atoms with Crippen molar-refractivity contribution >= 4 is 50.5 Å². The highest BCUT2D eigenvalue weighted by Crippen LogP contribution is 2.28. The molecule has 1 saturated heterocycles. The molecule has 10 nitrogen and oxygen atoms in total. The number of imidazole rings is 1. The molecule has 0 spiro atoms. The molecule has 11 heteroatoms. The van der Waals surface area contributed by atoms with Gasteiger partial charge in [0.2, 0.25) is 10.0 Å². The van der Waals surface area contributed by atoms with Crippen LogP contribution >= 0.6 is 0 Å². The van der Waals surface area contributed by atoms with Crippen LogP contribution in [0.5, 0.6) is 0 Å². The number of pyridine rings is 1. The average Bonchev–Trinajstić information content (AvgIpc) is 3.39. The Kier molecular flexibility index (Phi) is 6.74. The van der Waals surface area contributed by atoms with E-state index in [0.717, 1.165) is 45.6 Å². The van der Waals surface area contributed by atoms with E-state index in [1.807, 2.05) is 63.9 Å². The number of amides is 1. The lowest BCUT2D eigenvalue weighted by Crippen LogP contribution is -2.37. The zero-order valence-electron chi connectivity index (χ0n) is 21.7. The average molecular weight is 555 g/mol. The Balaban J connectivity index is 1.38. The summed E-state index contributed by atoms with van der Waals surface area (Å²) in [4.78, 5) is 28.8. The van der Waals surface area contributed by atoms with Crippen LogP contribution in [0.2, 0.25) is 0 Å². The largest absolute Gasteiger partial charge is 0.378 e. The second-order valence-electron chi connectivity index (χ2n) is 9.47. The first-order valence-electron chi connectivity index (χ1n) is 12.7. The van der Waals surface area contributed by atoms with Crippen LogP contribution in [-0.2, 0) is 14.8 Å². The molecule has 2 aromatic carbocycles. The number of rotatable bonds is 6. The number of morpholine rings is 1. The Morgan fingerprint density at radius 1 is 0.950 bits per heavy atom. The summed E-state index contributed by atoms with van der Waals surface area (Å²) in [5.41, 5.74) is 5.00. The smallest absolute Gasteiger partial charge is 0.264 e. The highest BCUT2D eigenvalue weighted by molar-refractivity contribution is 7.89. The number of ether oxygens (including phenoxy) is 1. The zero-order valence-corrected chi connectivity index (χ0v) is 22.5. The SMILES string of the molecule is CS(=O)(=O)NC(=O)c1ccc(-c2cnc(N3CCOCC3)c3nc(C=Cc4ccc5ccccc5n4)cn23)cc1. The molecule has 0 bridgehead atoms. The summed E-state index contributed by atoms with van der Waals surface area (Å²) in [6, 6.07) is 18.7. The van der Waals surface area contributed by atoms with Gasteiger partial charge in [0.05, 0.1) is 48.3 Å². The van der Waals surface area contributed by atoms with E-state index in [9.17, 15) is 13.2 Å². The van der Waals surface area contributed by atoms with Gasteiger partial charge in [0, 0.05) is 35.8 Å². The van der Waals surface area contributed by atoms with E-state index < -0.39 is 15.9 Å². The van der Waals surface area contributed by atoms with Gasteiger partial charge in [-0.25, -0.2) is 28.1 Å². The standard InChI is InChI=1S/C29H26N6O4S/c1-40(37,38)33-29(36)22-8-6-21(7-9-22)26-18-30-27(34-14-16-39-17-15-34)28-32-24(19-35(26)28)13-12-23-11-10-20-4-2-3-5-25(20)31-23/h2-13,18-19H,14-17H2,1H3,(H,33,36). The van der Waals surface area contributed by atoms with Crippen molar-refractivity contribution < 1.29 is 17.9 Å². The van der Waals surface area contributed by atoms with Crippen molar-refractivity contribution in [3.05, 3.63) is 90.0 Å². The molecular weight excluding hydrogens is 528 g/mol. The number of hydrogen-bond acceptors (Lipinski definition) is 8. The molecule has 1 aliphatic heterocycles. The van der Waals surface area contributed by atoms with Crippen molar-refractivity contribution in [2.45, 2.75) is 0 Å². The first-order chi connectivity index (χ1) is 19.3. The molecule has 1 aliphatic rings. The van der Waals surface area contributed by atoms with Crippen LogP contribution in [0.3, 0.4) is 0 Å². The third-order valence-corrected chi connectivity index (χ3v) is 7.13. The number of nitrogens with one attached hydrogen (secondary N) is 1. The van der Waals surface area contributed by atoms with E-state index >= 15 is 0 Å². The molecule has 1 fully saturated rings. The molecule has 40 heavy (non-hydrogen) atoms. The minimum Gasteiger partial charge on any atom is -0.378 e. The van der Waals surface area contributed by atoms with Gasteiger partial charge in [0.15, 0.2) is 11.5 Å². The van der Waals surface area contributed by atoms with Gasteiger partial charge in [-0.05, 0) is 36.4 Å². The maximum Gasteiger partial charge on any atom is 0.264 e. The molecule has 0 radical (unpaired) electrons. The lowest BCUT2D eigenvalue weighted by Gasteiger charge is -2.28. The first kappa shape index (κ1) is 25.7. The Morgan fingerprint density at radius 2 is 1.70 bits per heavy atom. The number of para-hydroxylation sites is 1. The molecule has 6 rings (SSSR count). The van der Waals surface area contributed by atoms with Gasteiger partial charge in [-0.3, -0.25) is 9.20 Å². The molecule has 202 valence electrons. The van der Waals surface area contributed by atoms with Crippen LogP contribution in [0.4, 0.5) is 5.82 Å². The van der Waals surface area contributed by atoms with Crippen molar-refractivity contribution in [3.8, 4) is 11.3 Å². The number of benzene rings is 2. The van der Waals surface area contributed by atoms with Crippen molar-refractivity contribution in [1.82, 2.24) is 24.1 Å². The van der Waals surface area contributed by atoms with E-state index in [0.29, 0.717) is 32.0 Å². The van der Waals surface area contributed by atoms with Crippen LogP contribution in [0.1, 0.15) is 21.7 Å². The molecular formula is C29H26N6O4S. The van der Waals surface area contributed by atoms with Crippen LogP contribution in [0, 0.1) is 0 Å². The summed E-state index contributed by atoms with van der Waals surface area (Å²) in [5.74, 6) is 0.0806. The number of sulfonamides is 1. The van der Waals surface area contributed by atoms with E-state index in [1.54, 1.807) is 30.5 Å². The summed E-state index contributed by atoms with van der Waals surface area (Å²) in [5, 5.41) is 1.08. The molecule has 1 amide bonds. The Morgan fingerprint density at radius 3 is 2.48 bits per heavy atom. The summed E-state index contributed by atoms with van der Waals surface area (Å²) in [6.45, 7) is 2.66. The van der Waals surface area contributed by atoms with Gasteiger partial charge < -0.3 is 9.64 Å². The van der Waals surface area contributed by atoms with Gasteiger partial charge in [0.1, 0.15) is 0 Å². The maximum absolute atomic E-state index is 12.3. The molecule has 0 saturated carbocycles. The number of carbonyl (C=O) groups is 1. The molecule has 0 aliphatic carbocycles. The summed E-state index contributed by atoms with van der Waals surface area (Å²) < 4.78 is 32.4. The maximum atomic E-state index is 12.3. The number of fused-ring (bicyclic) bond motifs is 2. The van der Waals surface area contributed by atoms with Crippen molar-refractivity contribution in [2.24, 2.45) is 0 Å². The lowest BCUT2D eigenvalue weighted by molar-refractivity contribution is 0.0981. The van der Waals surface area contributed by atoms with Gasteiger partial charge >= 0.3 is 0 Å². The van der Waals surface area contributed by atoms with E-state index in [4.69, 9.17) is 19.7 Å². The van der Waals surface area contributed by atoms with Crippen molar-refractivity contribution in [3.63, 3.8) is 0 Å². The van der Waals surface area contributed by atoms with Gasteiger partial charge in [-0.1, -0.05) is 36.4 Å². The summed E-state index contributed by atoms with van der Waals surface area (Å²) >= 11 is 0. The van der Waals surface area contributed by atoms with E-state index in [2.05, 4.69) is 4.90 Å². The van der Waals surface area contributed by atoms with Crippen LogP contribution in [-0.4, -0.2) is 66.2 Å². The summed E-state index contributed by atoms with van der Waals surface area (Å²) in [7, 11) is -3.66. The highest BCUT2D eigenvalue weighted by atomic mass is 32.2. The number of aromatic nitrogens is 4.